The number of pyridine rings is 1. The lowest BCUT2D eigenvalue weighted by Crippen LogP contribution is -2.14. The monoisotopic (exact) mass is 298 g/mol. The zero-order valence-corrected chi connectivity index (χ0v) is 13.6. The first-order chi connectivity index (χ1) is 10.6. The molecule has 1 aliphatic heterocycles. The van der Waals surface area contributed by atoms with Crippen molar-refractivity contribution in [2.75, 3.05) is 0 Å². The normalized spacial score (nSPS) is 14.9. The molecule has 5 nitrogen and oxygen atoms in total. The number of aliphatic imine (C=N–C) groups is 1. The Balaban J connectivity index is 1.98. The fraction of sp³-hybridized carbons (Fsp3) is 0.471. The molecule has 2 aromatic heterocycles. The van der Waals surface area contributed by atoms with Crippen LogP contribution in [0.25, 0.3) is 0 Å². The second-order valence-corrected chi connectivity index (χ2v) is 5.95. The van der Waals surface area contributed by atoms with Crippen molar-refractivity contribution in [3.8, 4) is 5.88 Å². The molecule has 0 fully saturated rings. The van der Waals surface area contributed by atoms with E-state index in [1.54, 1.807) is 6.20 Å². The van der Waals surface area contributed by atoms with Gasteiger partial charge in [0.15, 0.2) is 0 Å². The van der Waals surface area contributed by atoms with E-state index in [1.807, 2.05) is 23.1 Å². The van der Waals surface area contributed by atoms with Crippen molar-refractivity contribution >= 4 is 5.71 Å². The van der Waals surface area contributed by atoms with Gasteiger partial charge in [-0.1, -0.05) is 6.92 Å². The standard InChI is InChI=1S/C17H22N4O/c1-5-12(4)22-17-15-13(6-7-18-17)8-19-16(15)14-9-20-21(10-14)11(2)3/h6-7,9-12H,5,8H2,1-4H3. The molecule has 1 aliphatic rings. The van der Waals surface area contributed by atoms with Crippen molar-refractivity contribution in [2.45, 2.75) is 52.8 Å². The summed E-state index contributed by atoms with van der Waals surface area (Å²) in [4.78, 5) is 9.11. The molecule has 5 heteroatoms. The first-order valence-electron chi connectivity index (χ1n) is 7.84. The van der Waals surface area contributed by atoms with Crippen LogP contribution < -0.4 is 4.74 Å². The van der Waals surface area contributed by atoms with Crippen molar-refractivity contribution in [1.82, 2.24) is 14.8 Å². The van der Waals surface area contributed by atoms with Gasteiger partial charge in [0.1, 0.15) is 0 Å². The van der Waals surface area contributed by atoms with Crippen LogP contribution in [0.4, 0.5) is 0 Å². The molecule has 1 atom stereocenters. The van der Waals surface area contributed by atoms with Gasteiger partial charge in [-0.2, -0.15) is 5.10 Å². The number of hydrogen-bond acceptors (Lipinski definition) is 4. The van der Waals surface area contributed by atoms with Gasteiger partial charge in [0.2, 0.25) is 5.88 Å². The molecule has 1 unspecified atom stereocenters. The fourth-order valence-electron chi connectivity index (χ4n) is 2.45. The second-order valence-electron chi connectivity index (χ2n) is 5.95. The van der Waals surface area contributed by atoms with E-state index in [9.17, 15) is 0 Å². The molecule has 116 valence electrons. The predicted octanol–water partition coefficient (Wildman–Crippen LogP) is 3.39. The second kappa shape index (κ2) is 5.91. The Labute approximate surface area is 131 Å². The van der Waals surface area contributed by atoms with Gasteiger partial charge < -0.3 is 4.74 Å². The number of ether oxygens (including phenoxy) is 1. The van der Waals surface area contributed by atoms with E-state index >= 15 is 0 Å². The predicted molar refractivity (Wildman–Crippen MR) is 86.6 cm³/mol. The van der Waals surface area contributed by atoms with Gasteiger partial charge >= 0.3 is 0 Å². The van der Waals surface area contributed by atoms with Gasteiger partial charge in [-0.15, -0.1) is 0 Å². The highest BCUT2D eigenvalue weighted by Gasteiger charge is 2.25. The zero-order valence-electron chi connectivity index (χ0n) is 13.6. The third-order valence-corrected chi connectivity index (χ3v) is 3.94. The molecule has 0 N–H and O–H groups in total. The van der Waals surface area contributed by atoms with Crippen LogP contribution in [0, 0.1) is 0 Å². The number of fused-ring (bicyclic) bond motifs is 1. The number of rotatable bonds is 5. The van der Waals surface area contributed by atoms with Crippen molar-refractivity contribution in [3.63, 3.8) is 0 Å². The van der Waals surface area contributed by atoms with Crippen molar-refractivity contribution < 1.29 is 4.74 Å². The minimum atomic E-state index is 0.138. The van der Waals surface area contributed by atoms with E-state index in [0.717, 1.165) is 23.3 Å². The average Bonchev–Trinajstić information content (AvgIpc) is 3.13. The maximum Gasteiger partial charge on any atom is 0.223 e. The summed E-state index contributed by atoms with van der Waals surface area (Å²) in [5.74, 6) is 0.681. The summed E-state index contributed by atoms with van der Waals surface area (Å²) < 4.78 is 7.94. The van der Waals surface area contributed by atoms with E-state index in [0.29, 0.717) is 18.5 Å². The van der Waals surface area contributed by atoms with E-state index < -0.39 is 0 Å². The number of aromatic nitrogens is 3. The Morgan fingerprint density at radius 2 is 2.14 bits per heavy atom. The summed E-state index contributed by atoms with van der Waals surface area (Å²) in [5, 5.41) is 4.41. The van der Waals surface area contributed by atoms with Crippen LogP contribution in [0.1, 0.15) is 56.8 Å². The van der Waals surface area contributed by atoms with Crippen LogP contribution in [0.5, 0.6) is 5.88 Å². The Kier molecular flexibility index (Phi) is 3.96. The largest absolute Gasteiger partial charge is 0.474 e. The summed E-state index contributed by atoms with van der Waals surface area (Å²) in [6.45, 7) is 9.07. The highest BCUT2D eigenvalue weighted by atomic mass is 16.5. The van der Waals surface area contributed by atoms with Crippen LogP contribution in [0.3, 0.4) is 0 Å². The topological polar surface area (TPSA) is 52.3 Å². The molecule has 2 aromatic rings. The van der Waals surface area contributed by atoms with Crippen molar-refractivity contribution in [3.05, 3.63) is 41.3 Å². The zero-order chi connectivity index (χ0) is 15.7. The lowest BCUT2D eigenvalue weighted by atomic mass is 10.0. The molecule has 0 spiro atoms. The van der Waals surface area contributed by atoms with Crippen molar-refractivity contribution in [1.29, 1.82) is 0 Å². The summed E-state index contributed by atoms with van der Waals surface area (Å²) in [6, 6.07) is 2.35. The molecule has 0 radical (unpaired) electrons. The molecule has 3 rings (SSSR count). The molecule has 0 saturated carbocycles. The molecular weight excluding hydrogens is 276 g/mol. The third kappa shape index (κ3) is 2.63. The molecule has 22 heavy (non-hydrogen) atoms. The van der Waals surface area contributed by atoms with Crippen LogP contribution in [-0.4, -0.2) is 26.6 Å². The summed E-state index contributed by atoms with van der Waals surface area (Å²) >= 11 is 0. The van der Waals surface area contributed by atoms with Gasteiger partial charge in [-0.25, -0.2) is 4.98 Å². The van der Waals surface area contributed by atoms with Crippen LogP contribution in [-0.2, 0) is 6.54 Å². The highest BCUT2D eigenvalue weighted by molar-refractivity contribution is 6.16. The van der Waals surface area contributed by atoms with Gasteiger partial charge in [-0.05, 0) is 38.8 Å². The Bertz CT molecular complexity index is 702. The quantitative estimate of drug-likeness (QED) is 0.850. The highest BCUT2D eigenvalue weighted by Crippen LogP contribution is 2.30. The molecular formula is C17H22N4O. The fourth-order valence-corrected chi connectivity index (χ4v) is 2.45. The van der Waals surface area contributed by atoms with E-state index in [-0.39, 0.29) is 6.10 Å². The van der Waals surface area contributed by atoms with Gasteiger partial charge in [0.25, 0.3) is 0 Å². The minimum Gasteiger partial charge on any atom is -0.474 e. The average molecular weight is 298 g/mol. The molecule has 0 amide bonds. The summed E-state index contributed by atoms with van der Waals surface area (Å²) in [6.07, 6.45) is 6.79. The van der Waals surface area contributed by atoms with E-state index in [2.05, 4.69) is 42.8 Å². The Morgan fingerprint density at radius 3 is 2.82 bits per heavy atom. The molecule has 0 saturated heterocycles. The minimum absolute atomic E-state index is 0.138. The summed E-state index contributed by atoms with van der Waals surface area (Å²) in [7, 11) is 0. The third-order valence-electron chi connectivity index (χ3n) is 3.94. The lowest BCUT2D eigenvalue weighted by molar-refractivity contribution is 0.208. The first-order valence-corrected chi connectivity index (χ1v) is 7.84. The number of hydrogen-bond donors (Lipinski definition) is 0. The first kappa shape index (κ1) is 14.8. The molecule has 0 aromatic carbocycles. The molecule has 3 heterocycles. The maximum absolute atomic E-state index is 5.99. The SMILES string of the molecule is CCC(C)Oc1nccc2c1C(c1cnn(C(C)C)c1)=NC2. The lowest BCUT2D eigenvalue weighted by Gasteiger charge is -2.15. The van der Waals surface area contributed by atoms with Crippen molar-refractivity contribution in [2.24, 2.45) is 4.99 Å². The Hall–Kier alpha value is -2.17. The molecule has 0 bridgehead atoms. The molecule has 0 aliphatic carbocycles. The van der Waals surface area contributed by atoms with Crippen LogP contribution in [0.2, 0.25) is 0 Å². The van der Waals surface area contributed by atoms with Gasteiger partial charge in [0, 0.05) is 24.0 Å². The number of nitrogens with zero attached hydrogens (tertiary/aromatic N) is 4. The van der Waals surface area contributed by atoms with Crippen LogP contribution >= 0.6 is 0 Å². The van der Waals surface area contributed by atoms with E-state index in [1.165, 1.54) is 5.56 Å². The smallest absolute Gasteiger partial charge is 0.223 e. The van der Waals surface area contributed by atoms with Crippen LogP contribution in [0.15, 0.2) is 29.6 Å². The summed E-state index contributed by atoms with van der Waals surface area (Å²) in [5.41, 5.74) is 4.15. The Morgan fingerprint density at radius 1 is 1.32 bits per heavy atom. The van der Waals surface area contributed by atoms with Gasteiger partial charge in [-0.3, -0.25) is 9.67 Å². The van der Waals surface area contributed by atoms with E-state index in [4.69, 9.17) is 4.74 Å². The van der Waals surface area contributed by atoms with Gasteiger partial charge in [0.05, 0.1) is 30.1 Å². The maximum atomic E-state index is 5.99.